The van der Waals surface area contributed by atoms with Crippen molar-refractivity contribution in [3.8, 4) is 0 Å². The zero-order valence-corrected chi connectivity index (χ0v) is 12.8. The Bertz CT molecular complexity index is 627. The molecule has 1 fully saturated rings. The van der Waals surface area contributed by atoms with Gasteiger partial charge in [0.15, 0.2) is 0 Å². The average Bonchev–Trinajstić information content (AvgIpc) is 2.57. The molecule has 1 unspecified atom stereocenters. The van der Waals surface area contributed by atoms with Gasteiger partial charge in [0, 0.05) is 37.4 Å². The summed E-state index contributed by atoms with van der Waals surface area (Å²) in [5.41, 5.74) is 2.71. The number of hydrogen-bond donors (Lipinski definition) is 0. The summed E-state index contributed by atoms with van der Waals surface area (Å²) in [4.78, 5) is 26.8. The minimum absolute atomic E-state index is 0.0140. The highest BCUT2D eigenvalue weighted by Gasteiger charge is 2.25. The Labute approximate surface area is 130 Å². The molecule has 2 aromatic rings. The minimum atomic E-state index is -0.0140. The van der Waals surface area contributed by atoms with Crippen molar-refractivity contribution in [3.63, 3.8) is 0 Å². The number of piperidine rings is 1. The van der Waals surface area contributed by atoms with E-state index in [9.17, 15) is 4.79 Å². The van der Waals surface area contributed by atoms with Crippen LogP contribution in [0.5, 0.6) is 0 Å². The third kappa shape index (κ3) is 3.47. The fraction of sp³-hybridized carbons (Fsp3) is 0.412. The standard InChI is InChI=1S/C17H20N4O/c1-13-4-5-14(10-20-13)9-15-3-2-8-21(12-15)17(22)16-11-18-6-7-19-16/h4-7,10-11,15H,2-3,8-9,12H2,1H3. The van der Waals surface area contributed by atoms with Crippen LogP contribution in [0.3, 0.4) is 0 Å². The van der Waals surface area contributed by atoms with E-state index >= 15 is 0 Å². The molecule has 1 aliphatic rings. The number of pyridine rings is 1. The van der Waals surface area contributed by atoms with Gasteiger partial charge in [0.2, 0.25) is 0 Å². The van der Waals surface area contributed by atoms with Crippen molar-refractivity contribution in [2.75, 3.05) is 13.1 Å². The van der Waals surface area contributed by atoms with Crippen molar-refractivity contribution in [1.82, 2.24) is 19.9 Å². The molecule has 0 N–H and O–H groups in total. The molecule has 1 atom stereocenters. The minimum Gasteiger partial charge on any atom is -0.337 e. The second-order valence-electron chi connectivity index (χ2n) is 5.86. The molecule has 0 spiro atoms. The molecule has 3 heterocycles. The first-order chi connectivity index (χ1) is 10.7. The number of aromatic nitrogens is 3. The zero-order chi connectivity index (χ0) is 15.4. The van der Waals surface area contributed by atoms with Gasteiger partial charge in [-0.2, -0.15) is 0 Å². The summed E-state index contributed by atoms with van der Waals surface area (Å²) in [7, 11) is 0. The van der Waals surface area contributed by atoms with Crippen molar-refractivity contribution < 1.29 is 4.79 Å². The lowest BCUT2D eigenvalue weighted by atomic mass is 9.91. The number of carbonyl (C=O) groups excluding carboxylic acids is 1. The first-order valence-corrected chi connectivity index (χ1v) is 7.69. The van der Waals surface area contributed by atoms with Gasteiger partial charge in [0.05, 0.1) is 6.20 Å². The molecule has 0 bridgehead atoms. The number of likely N-dealkylation sites (tertiary alicyclic amines) is 1. The van der Waals surface area contributed by atoms with Crippen LogP contribution in [0.25, 0.3) is 0 Å². The van der Waals surface area contributed by atoms with Crippen molar-refractivity contribution in [1.29, 1.82) is 0 Å². The number of carbonyl (C=O) groups is 1. The van der Waals surface area contributed by atoms with Crippen LogP contribution in [0.2, 0.25) is 0 Å². The fourth-order valence-corrected chi connectivity index (χ4v) is 2.94. The SMILES string of the molecule is Cc1ccc(CC2CCCN(C(=O)c3cnccn3)C2)cn1. The van der Waals surface area contributed by atoms with Crippen LogP contribution >= 0.6 is 0 Å². The van der Waals surface area contributed by atoms with Crippen LogP contribution in [-0.4, -0.2) is 38.8 Å². The molecule has 3 rings (SSSR count). The summed E-state index contributed by atoms with van der Waals surface area (Å²) in [6.45, 7) is 3.58. The van der Waals surface area contributed by atoms with Gasteiger partial charge in [0.25, 0.3) is 5.91 Å². The van der Waals surface area contributed by atoms with E-state index < -0.39 is 0 Å². The van der Waals surface area contributed by atoms with Gasteiger partial charge in [0.1, 0.15) is 5.69 Å². The summed E-state index contributed by atoms with van der Waals surface area (Å²) in [6.07, 6.45) is 9.78. The first kappa shape index (κ1) is 14.6. The second-order valence-corrected chi connectivity index (χ2v) is 5.86. The van der Waals surface area contributed by atoms with E-state index in [0.717, 1.165) is 38.0 Å². The summed E-state index contributed by atoms with van der Waals surface area (Å²) < 4.78 is 0. The maximum atomic E-state index is 12.5. The summed E-state index contributed by atoms with van der Waals surface area (Å²) >= 11 is 0. The van der Waals surface area contributed by atoms with Gasteiger partial charge in [-0.05, 0) is 43.7 Å². The summed E-state index contributed by atoms with van der Waals surface area (Å²) in [5.74, 6) is 0.471. The Morgan fingerprint density at radius 3 is 2.91 bits per heavy atom. The lowest BCUT2D eigenvalue weighted by Crippen LogP contribution is -2.40. The Balaban J connectivity index is 1.64. The van der Waals surface area contributed by atoms with E-state index in [1.54, 1.807) is 12.4 Å². The molecule has 22 heavy (non-hydrogen) atoms. The van der Waals surface area contributed by atoms with Crippen molar-refractivity contribution in [3.05, 3.63) is 53.9 Å². The lowest BCUT2D eigenvalue weighted by molar-refractivity contribution is 0.0667. The summed E-state index contributed by atoms with van der Waals surface area (Å²) in [5, 5.41) is 0. The Hall–Kier alpha value is -2.30. The molecule has 5 nitrogen and oxygen atoms in total. The fourth-order valence-electron chi connectivity index (χ4n) is 2.94. The predicted molar refractivity (Wildman–Crippen MR) is 83.3 cm³/mol. The third-order valence-corrected chi connectivity index (χ3v) is 4.09. The molecular weight excluding hydrogens is 276 g/mol. The molecular formula is C17H20N4O. The van der Waals surface area contributed by atoms with Gasteiger partial charge >= 0.3 is 0 Å². The smallest absolute Gasteiger partial charge is 0.274 e. The summed E-state index contributed by atoms with van der Waals surface area (Å²) in [6, 6.07) is 4.17. The second kappa shape index (κ2) is 6.64. The molecule has 114 valence electrons. The molecule has 0 saturated carbocycles. The van der Waals surface area contributed by atoms with E-state index in [2.05, 4.69) is 21.0 Å². The van der Waals surface area contributed by atoms with E-state index in [0.29, 0.717) is 11.6 Å². The number of rotatable bonds is 3. The van der Waals surface area contributed by atoms with E-state index in [1.165, 1.54) is 11.8 Å². The maximum absolute atomic E-state index is 12.5. The number of hydrogen-bond acceptors (Lipinski definition) is 4. The van der Waals surface area contributed by atoms with Crippen LogP contribution in [0, 0.1) is 12.8 Å². The van der Waals surface area contributed by atoms with Crippen molar-refractivity contribution in [2.24, 2.45) is 5.92 Å². The number of amides is 1. The predicted octanol–water partition coefficient (Wildman–Crippen LogP) is 2.27. The zero-order valence-electron chi connectivity index (χ0n) is 12.8. The van der Waals surface area contributed by atoms with Gasteiger partial charge in [-0.3, -0.25) is 14.8 Å². The first-order valence-electron chi connectivity index (χ1n) is 7.69. The highest BCUT2D eigenvalue weighted by Crippen LogP contribution is 2.21. The normalized spacial score (nSPS) is 18.2. The molecule has 1 aliphatic heterocycles. The van der Waals surface area contributed by atoms with Crippen LogP contribution in [-0.2, 0) is 6.42 Å². The maximum Gasteiger partial charge on any atom is 0.274 e. The van der Waals surface area contributed by atoms with E-state index in [-0.39, 0.29) is 5.91 Å². The highest BCUT2D eigenvalue weighted by molar-refractivity contribution is 5.92. The quantitative estimate of drug-likeness (QED) is 0.872. The Morgan fingerprint density at radius 2 is 2.18 bits per heavy atom. The monoisotopic (exact) mass is 296 g/mol. The van der Waals surface area contributed by atoms with Crippen LogP contribution < -0.4 is 0 Å². The Morgan fingerprint density at radius 1 is 1.27 bits per heavy atom. The van der Waals surface area contributed by atoms with Crippen molar-refractivity contribution in [2.45, 2.75) is 26.2 Å². The average molecular weight is 296 g/mol. The lowest BCUT2D eigenvalue weighted by Gasteiger charge is -2.32. The van der Waals surface area contributed by atoms with Crippen LogP contribution in [0.4, 0.5) is 0 Å². The molecule has 0 aliphatic carbocycles. The number of aryl methyl sites for hydroxylation is 1. The molecule has 0 radical (unpaired) electrons. The molecule has 5 heteroatoms. The van der Waals surface area contributed by atoms with Crippen molar-refractivity contribution >= 4 is 5.91 Å². The number of nitrogens with zero attached hydrogens (tertiary/aromatic N) is 4. The van der Waals surface area contributed by atoms with E-state index in [1.807, 2.05) is 24.1 Å². The molecule has 0 aromatic carbocycles. The van der Waals surface area contributed by atoms with Crippen LogP contribution in [0.15, 0.2) is 36.9 Å². The van der Waals surface area contributed by atoms with E-state index in [4.69, 9.17) is 0 Å². The van der Waals surface area contributed by atoms with Crippen LogP contribution in [0.1, 0.15) is 34.6 Å². The topological polar surface area (TPSA) is 59.0 Å². The third-order valence-electron chi connectivity index (χ3n) is 4.09. The Kier molecular flexibility index (Phi) is 4.42. The molecule has 1 amide bonds. The molecule has 1 saturated heterocycles. The van der Waals surface area contributed by atoms with Gasteiger partial charge in [-0.1, -0.05) is 6.07 Å². The van der Waals surface area contributed by atoms with Gasteiger partial charge in [-0.25, -0.2) is 4.98 Å². The van der Waals surface area contributed by atoms with Gasteiger partial charge < -0.3 is 4.90 Å². The highest BCUT2D eigenvalue weighted by atomic mass is 16.2. The molecule has 2 aromatic heterocycles. The largest absolute Gasteiger partial charge is 0.337 e. The van der Waals surface area contributed by atoms with Gasteiger partial charge in [-0.15, -0.1) is 0 Å².